The first-order chi connectivity index (χ1) is 21.3. The molecule has 3 aromatic rings. The number of nitrogens with zero attached hydrogens (tertiary/aromatic N) is 6. The number of rotatable bonds is 8. The number of fused-ring (bicyclic) bond motifs is 1. The van der Waals surface area contributed by atoms with E-state index in [1.165, 1.54) is 13.1 Å². The molecule has 19 heteroatoms. The summed E-state index contributed by atoms with van der Waals surface area (Å²) in [6.45, 7) is 1.76. The molecule has 9 nitrogen and oxygen atoms in total. The molecule has 3 N–H and O–H groups in total. The molecule has 0 spiro atoms. The van der Waals surface area contributed by atoms with E-state index in [9.17, 15) is 48.6 Å². The van der Waals surface area contributed by atoms with Crippen LogP contribution in [0.4, 0.5) is 45.5 Å². The maximum absolute atomic E-state index is 13.9. The highest BCUT2D eigenvalue weighted by atomic mass is 32.3. The number of tetrazole rings is 1. The summed E-state index contributed by atoms with van der Waals surface area (Å²) in [4.78, 5) is 4.10. The van der Waals surface area contributed by atoms with Crippen LogP contribution in [0.25, 0.3) is 0 Å². The molecule has 1 unspecified atom stereocenters. The van der Waals surface area contributed by atoms with Crippen LogP contribution in [-0.4, -0.2) is 59.1 Å². The highest BCUT2D eigenvalue weighted by molar-refractivity contribution is 8.23. The Morgan fingerprint density at radius 1 is 0.913 bits per heavy atom. The summed E-state index contributed by atoms with van der Waals surface area (Å²) in [6.07, 6.45) is -14.6. The zero-order chi connectivity index (χ0) is 33.8. The molecule has 5 rings (SSSR count). The van der Waals surface area contributed by atoms with Crippen LogP contribution in [0.2, 0.25) is 0 Å². The van der Waals surface area contributed by atoms with Gasteiger partial charge in [0.05, 0.1) is 29.0 Å². The number of hydrogen-bond donors (Lipinski definition) is 3. The van der Waals surface area contributed by atoms with Crippen LogP contribution in [0.15, 0.2) is 36.4 Å². The maximum Gasteiger partial charge on any atom is 0.416 e. The molecular formula is C27H30F9N7O2S. The smallest absolute Gasteiger partial charge is 0.330 e. The van der Waals surface area contributed by atoms with E-state index < -0.39 is 75.9 Å². The summed E-state index contributed by atoms with van der Waals surface area (Å²) >= 11 is 0. The molecule has 2 fully saturated rings. The van der Waals surface area contributed by atoms with Gasteiger partial charge in [0.1, 0.15) is 0 Å². The van der Waals surface area contributed by atoms with E-state index >= 15 is 0 Å². The SMILES string of the molecule is CCC(c1ccc(C(F)(F)F)cc1CN(Cc1cc(C(F)(F)F)cc(C(F)(F)F)c1)c1nnn(C)n1)N1C[C@H]2CNS(O)(O)[C@H]2C1. The Balaban J connectivity index is 1.57. The first kappa shape index (κ1) is 34.2. The predicted molar refractivity (Wildman–Crippen MR) is 149 cm³/mol. The molecule has 0 saturated carbocycles. The van der Waals surface area contributed by atoms with Crippen molar-refractivity contribution in [1.29, 1.82) is 0 Å². The maximum atomic E-state index is 13.9. The van der Waals surface area contributed by atoms with E-state index in [4.69, 9.17) is 0 Å². The second-order valence-electron chi connectivity index (χ2n) is 11.4. The van der Waals surface area contributed by atoms with Crippen LogP contribution in [0.5, 0.6) is 0 Å². The van der Waals surface area contributed by atoms with Crippen LogP contribution >= 0.6 is 10.8 Å². The van der Waals surface area contributed by atoms with Gasteiger partial charge in [0.2, 0.25) is 0 Å². The monoisotopic (exact) mass is 687 g/mol. The molecule has 3 heterocycles. The zero-order valence-electron chi connectivity index (χ0n) is 24.3. The number of alkyl halides is 9. The summed E-state index contributed by atoms with van der Waals surface area (Å²) in [5, 5.41) is 11.1. The third kappa shape index (κ3) is 7.22. The number of aryl methyl sites for hydroxylation is 1. The molecule has 46 heavy (non-hydrogen) atoms. The number of hydrogen-bond acceptors (Lipinski definition) is 8. The fraction of sp³-hybridized carbons (Fsp3) is 0.519. The summed E-state index contributed by atoms with van der Waals surface area (Å²) in [5.74, 6) is -0.346. The normalized spacial score (nSPS) is 21.8. The quantitative estimate of drug-likeness (QED) is 0.231. The molecule has 2 aliphatic rings. The first-order valence-electron chi connectivity index (χ1n) is 14.0. The lowest BCUT2D eigenvalue weighted by atomic mass is 9.94. The van der Waals surface area contributed by atoms with Gasteiger partial charge in [-0.1, -0.05) is 18.1 Å². The topological polar surface area (TPSA) is 103 Å². The Morgan fingerprint density at radius 2 is 1.54 bits per heavy atom. The van der Waals surface area contributed by atoms with Crippen molar-refractivity contribution in [3.63, 3.8) is 0 Å². The van der Waals surface area contributed by atoms with Gasteiger partial charge in [-0.15, -0.1) is 15.9 Å². The number of nitrogens with one attached hydrogen (secondary N) is 1. The predicted octanol–water partition coefficient (Wildman–Crippen LogP) is 6.49. The first-order valence-corrected chi connectivity index (χ1v) is 15.6. The largest absolute Gasteiger partial charge is 0.416 e. The van der Waals surface area contributed by atoms with Crippen molar-refractivity contribution < 1.29 is 48.6 Å². The van der Waals surface area contributed by atoms with E-state index in [-0.39, 0.29) is 30.0 Å². The summed E-state index contributed by atoms with van der Waals surface area (Å²) < 4.78 is 147. The standard InChI is InChI=1S/C27H30F9N7O2S/c1-3-22(42-13-17-10-37-46(44,45)23(17)14-42)21-5-4-18(25(28,29)30)8-16(21)12-43(24-38-40-41(2)39-24)11-15-6-19(26(31,32)33)9-20(7-15)27(34,35)36/h4-9,17,22-23,37,44-45H,3,10-14H2,1-2H3/t17-,22?,23+/m1/s1. The van der Waals surface area contributed by atoms with Gasteiger partial charge in [0, 0.05) is 44.7 Å². The van der Waals surface area contributed by atoms with Gasteiger partial charge in [-0.05, 0) is 58.7 Å². The van der Waals surface area contributed by atoms with Gasteiger partial charge in [-0.2, -0.15) is 44.3 Å². The average Bonchev–Trinajstić information content (AvgIpc) is 3.64. The van der Waals surface area contributed by atoms with Gasteiger partial charge in [0.15, 0.2) is 0 Å². The number of aromatic nitrogens is 4. The Bertz CT molecular complexity index is 1530. The van der Waals surface area contributed by atoms with Crippen LogP contribution in [0.3, 0.4) is 0 Å². The third-order valence-electron chi connectivity index (χ3n) is 8.21. The average molecular weight is 688 g/mol. The van der Waals surface area contributed by atoms with E-state index in [0.717, 1.165) is 21.8 Å². The van der Waals surface area contributed by atoms with E-state index in [2.05, 4.69) is 20.1 Å². The lowest BCUT2D eigenvalue weighted by Crippen LogP contribution is -2.33. The van der Waals surface area contributed by atoms with Crippen molar-refractivity contribution in [3.05, 3.63) is 69.8 Å². The van der Waals surface area contributed by atoms with E-state index in [1.807, 2.05) is 4.90 Å². The Morgan fingerprint density at radius 3 is 2.07 bits per heavy atom. The van der Waals surface area contributed by atoms with E-state index in [0.29, 0.717) is 37.2 Å². The Labute approximate surface area is 258 Å². The second kappa shape index (κ2) is 12.1. The van der Waals surface area contributed by atoms with Gasteiger partial charge < -0.3 is 4.90 Å². The minimum Gasteiger partial charge on any atom is -0.330 e. The van der Waals surface area contributed by atoms with Crippen molar-refractivity contribution in [2.75, 3.05) is 24.5 Å². The fourth-order valence-electron chi connectivity index (χ4n) is 6.09. The molecule has 0 aliphatic carbocycles. The van der Waals surface area contributed by atoms with Crippen molar-refractivity contribution in [3.8, 4) is 0 Å². The van der Waals surface area contributed by atoms with Crippen molar-refractivity contribution in [2.45, 2.75) is 56.3 Å². The van der Waals surface area contributed by atoms with Crippen LogP contribution in [0, 0.1) is 5.92 Å². The number of halogens is 9. The molecule has 3 atom stereocenters. The summed E-state index contributed by atoms with van der Waals surface area (Å²) in [6, 6.07) is 3.65. The molecule has 0 amide bonds. The molecule has 2 aromatic carbocycles. The highest BCUT2D eigenvalue weighted by Crippen LogP contribution is 2.53. The Hall–Kier alpha value is -3.13. The minimum absolute atomic E-state index is 0.0126. The minimum atomic E-state index is -5.11. The second-order valence-corrected chi connectivity index (χ2v) is 13.5. The lowest BCUT2D eigenvalue weighted by Gasteiger charge is -2.35. The highest BCUT2D eigenvalue weighted by Gasteiger charge is 2.48. The van der Waals surface area contributed by atoms with Gasteiger partial charge >= 0.3 is 18.5 Å². The molecule has 1 aromatic heterocycles. The van der Waals surface area contributed by atoms with Crippen LogP contribution in [0.1, 0.15) is 52.8 Å². The van der Waals surface area contributed by atoms with Crippen LogP contribution < -0.4 is 9.62 Å². The van der Waals surface area contributed by atoms with Crippen LogP contribution in [-0.2, 0) is 38.7 Å². The van der Waals surface area contributed by atoms with E-state index in [1.54, 1.807) is 6.92 Å². The summed E-state index contributed by atoms with van der Waals surface area (Å²) in [5.41, 5.74) is -4.03. The molecule has 2 aliphatic heterocycles. The van der Waals surface area contributed by atoms with Crippen molar-refractivity contribution >= 4 is 16.7 Å². The van der Waals surface area contributed by atoms with Gasteiger partial charge in [0.25, 0.3) is 5.95 Å². The van der Waals surface area contributed by atoms with Crippen molar-refractivity contribution in [2.24, 2.45) is 13.0 Å². The molecule has 254 valence electrons. The zero-order valence-corrected chi connectivity index (χ0v) is 25.1. The van der Waals surface area contributed by atoms with Crippen molar-refractivity contribution in [1.82, 2.24) is 29.8 Å². The third-order valence-corrected chi connectivity index (χ3v) is 10.2. The molecular weight excluding hydrogens is 657 g/mol. The summed E-state index contributed by atoms with van der Waals surface area (Å²) in [7, 11) is -1.70. The van der Waals surface area contributed by atoms with Gasteiger partial charge in [-0.25, -0.2) is 4.72 Å². The van der Waals surface area contributed by atoms with Gasteiger partial charge in [-0.3, -0.25) is 14.0 Å². The lowest BCUT2D eigenvalue weighted by molar-refractivity contribution is -0.143. The number of likely N-dealkylation sites (tertiary alicyclic amines) is 1. The number of benzene rings is 2. The molecule has 0 bridgehead atoms. The molecule has 2 saturated heterocycles. The molecule has 0 radical (unpaired) electrons. The fourth-order valence-corrected chi connectivity index (χ4v) is 7.88. The Kier molecular flexibility index (Phi) is 9.04. The number of anilines is 1.